The van der Waals surface area contributed by atoms with Crippen molar-refractivity contribution < 1.29 is 20.1 Å². The Hall–Kier alpha value is -3.19. The second-order valence-electron chi connectivity index (χ2n) is 6.12. The van der Waals surface area contributed by atoms with Gasteiger partial charge in [-0.1, -0.05) is 0 Å². The molecule has 0 radical (unpaired) electrons. The molecule has 4 unspecified atom stereocenters. The minimum Gasteiger partial charge on any atom is -0.394 e. The third-order valence-corrected chi connectivity index (χ3v) is 4.36. The van der Waals surface area contributed by atoms with E-state index in [2.05, 4.69) is 30.5 Å². The fraction of sp³-hybridized carbons (Fsp3) is 0.312. The summed E-state index contributed by atoms with van der Waals surface area (Å²) in [7, 11) is 0. The highest BCUT2D eigenvalue weighted by atomic mass is 16.6. The summed E-state index contributed by atoms with van der Waals surface area (Å²) in [6, 6.07) is 3.54. The lowest BCUT2D eigenvalue weighted by Crippen LogP contribution is -2.33. The molecule has 4 rings (SSSR count). The summed E-state index contributed by atoms with van der Waals surface area (Å²) in [4.78, 5) is 16.3. The maximum Gasteiger partial charge on any atom is 0.228 e. The fourth-order valence-corrected chi connectivity index (χ4v) is 2.95. The molecule has 4 atom stereocenters. The topological polar surface area (TPSA) is 177 Å². The van der Waals surface area contributed by atoms with Gasteiger partial charge >= 0.3 is 0 Å². The van der Waals surface area contributed by atoms with Crippen LogP contribution in [0.3, 0.4) is 0 Å². The largest absolute Gasteiger partial charge is 0.394 e. The van der Waals surface area contributed by atoms with Crippen LogP contribution in [-0.4, -0.2) is 71.0 Å². The highest BCUT2D eigenvalue weighted by Crippen LogP contribution is 2.35. The zero-order valence-corrected chi connectivity index (χ0v) is 14.5. The summed E-state index contributed by atoms with van der Waals surface area (Å²) < 4.78 is 7.02. The van der Waals surface area contributed by atoms with Crippen LogP contribution in [-0.2, 0) is 4.74 Å². The van der Waals surface area contributed by atoms with Crippen molar-refractivity contribution in [3.63, 3.8) is 0 Å². The predicted octanol–water partition coefficient (Wildman–Crippen LogP) is -1.14. The molecule has 28 heavy (non-hydrogen) atoms. The molecule has 1 aliphatic rings. The molecule has 0 spiro atoms. The van der Waals surface area contributed by atoms with Crippen LogP contribution in [0.15, 0.2) is 36.0 Å². The molecule has 0 aliphatic carbocycles. The number of nitrogens with two attached hydrogens (primary N) is 1. The van der Waals surface area contributed by atoms with Gasteiger partial charge in [0.05, 0.1) is 12.8 Å². The van der Waals surface area contributed by atoms with Crippen LogP contribution >= 0.6 is 0 Å². The highest BCUT2D eigenvalue weighted by molar-refractivity contribution is 5.84. The van der Waals surface area contributed by atoms with Crippen molar-refractivity contribution in [2.45, 2.75) is 24.5 Å². The Balaban J connectivity index is 1.73. The zero-order valence-electron chi connectivity index (χ0n) is 14.5. The number of pyridine rings is 1. The van der Waals surface area contributed by atoms with Gasteiger partial charge in [-0.3, -0.25) is 9.55 Å². The second-order valence-corrected chi connectivity index (χ2v) is 6.12. The van der Waals surface area contributed by atoms with Crippen LogP contribution in [0.1, 0.15) is 11.8 Å². The quantitative estimate of drug-likeness (QED) is 0.266. The van der Waals surface area contributed by atoms with Gasteiger partial charge in [-0.25, -0.2) is 20.4 Å². The van der Waals surface area contributed by atoms with Crippen LogP contribution in [0.5, 0.6) is 0 Å². The lowest BCUT2D eigenvalue weighted by Gasteiger charge is -2.18. The van der Waals surface area contributed by atoms with Crippen molar-refractivity contribution in [1.29, 1.82) is 0 Å². The summed E-state index contributed by atoms with van der Waals surface area (Å²) in [6.45, 7) is -0.457. The minimum absolute atomic E-state index is 0.136. The van der Waals surface area contributed by atoms with Crippen molar-refractivity contribution in [1.82, 2.24) is 24.5 Å². The standard InChI is InChI=1S/C16H18N8O4/c17-13-10-14(20-7-19-13)24(15-12(27)11(26)9(6-25)28-15)16(22-10)23-21-5-8-1-3-18-4-2-8/h1-5,7,9,11-12,15,25-27H,6H2,(H,22,23)(H2,17,19,20)/b21-5+. The third kappa shape index (κ3) is 3.14. The number of aromatic nitrogens is 5. The molecule has 0 aromatic carbocycles. The van der Waals surface area contributed by atoms with E-state index < -0.39 is 31.1 Å². The van der Waals surface area contributed by atoms with E-state index in [1.807, 2.05) is 0 Å². The molecule has 4 heterocycles. The lowest BCUT2D eigenvalue weighted by atomic mass is 10.1. The predicted molar refractivity (Wildman–Crippen MR) is 98.2 cm³/mol. The smallest absolute Gasteiger partial charge is 0.228 e. The number of aliphatic hydroxyl groups is 3. The number of anilines is 2. The van der Waals surface area contributed by atoms with E-state index in [-0.39, 0.29) is 22.9 Å². The third-order valence-electron chi connectivity index (χ3n) is 4.36. The van der Waals surface area contributed by atoms with Crippen LogP contribution in [0.2, 0.25) is 0 Å². The summed E-state index contributed by atoms with van der Waals surface area (Å²) >= 11 is 0. The molecule has 0 saturated carbocycles. The van der Waals surface area contributed by atoms with Crippen molar-refractivity contribution in [2.24, 2.45) is 5.10 Å². The first-order valence-corrected chi connectivity index (χ1v) is 8.40. The molecule has 1 fully saturated rings. The average molecular weight is 386 g/mol. The normalized spacial score (nSPS) is 25.0. The number of nitrogens with zero attached hydrogens (tertiary/aromatic N) is 6. The van der Waals surface area contributed by atoms with Crippen molar-refractivity contribution >= 4 is 29.1 Å². The Morgan fingerprint density at radius 3 is 2.75 bits per heavy atom. The number of rotatable bonds is 5. The molecule has 12 heteroatoms. The molecule has 3 aromatic rings. The van der Waals surface area contributed by atoms with Gasteiger partial charge in [-0.15, -0.1) is 0 Å². The number of nitrogens with one attached hydrogen (secondary N) is 1. The summed E-state index contributed by atoms with van der Waals surface area (Å²) in [5, 5.41) is 34.0. The summed E-state index contributed by atoms with van der Waals surface area (Å²) in [6.07, 6.45) is 1.45. The first-order chi connectivity index (χ1) is 13.6. The van der Waals surface area contributed by atoms with Crippen LogP contribution in [0, 0.1) is 0 Å². The van der Waals surface area contributed by atoms with Crippen molar-refractivity contribution in [2.75, 3.05) is 17.8 Å². The van der Waals surface area contributed by atoms with E-state index in [0.29, 0.717) is 0 Å². The molecular formula is C16H18N8O4. The van der Waals surface area contributed by atoms with E-state index in [0.717, 1.165) is 5.56 Å². The molecule has 12 nitrogen and oxygen atoms in total. The number of imidazole rings is 1. The van der Waals surface area contributed by atoms with E-state index in [1.165, 1.54) is 10.9 Å². The van der Waals surface area contributed by atoms with Gasteiger partial charge in [0, 0.05) is 12.4 Å². The van der Waals surface area contributed by atoms with E-state index in [1.54, 1.807) is 30.7 Å². The van der Waals surface area contributed by atoms with Gasteiger partial charge in [0.15, 0.2) is 23.2 Å². The number of hydrogen-bond acceptors (Lipinski definition) is 11. The fourth-order valence-electron chi connectivity index (χ4n) is 2.95. The summed E-state index contributed by atoms with van der Waals surface area (Å²) in [5.41, 5.74) is 10.0. The first kappa shape index (κ1) is 18.2. The van der Waals surface area contributed by atoms with E-state index in [9.17, 15) is 15.3 Å². The SMILES string of the molecule is Nc1ncnc2c1nc(N/N=C/c1ccncc1)n2C1OC(CO)C(O)C1O. The Morgan fingerprint density at radius 1 is 1.25 bits per heavy atom. The Morgan fingerprint density at radius 2 is 2.04 bits per heavy atom. The Kier molecular flexibility index (Phi) is 4.83. The van der Waals surface area contributed by atoms with Gasteiger partial charge in [-0.2, -0.15) is 5.10 Å². The lowest BCUT2D eigenvalue weighted by molar-refractivity contribution is -0.0501. The Bertz CT molecular complexity index is 995. The first-order valence-electron chi connectivity index (χ1n) is 8.40. The van der Waals surface area contributed by atoms with Crippen molar-refractivity contribution in [3.05, 3.63) is 36.4 Å². The minimum atomic E-state index is -1.32. The molecule has 0 bridgehead atoms. The molecular weight excluding hydrogens is 368 g/mol. The number of aliphatic hydroxyl groups excluding tert-OH is 3. The van der Waals surface area contributed by atoms with Gasteiger partial charge in [-0.05, 0) is 17.7 Å². The van der Waals surface area contributed by atoms with Crippen LogP contribution in [0.4, 0.5) is 11.8 Å². The molecule has 0 amide bonds. The molecule has 3 aromatic heterocycles. The number of hydrazone groups is 1. The molecule has 6 N–H and O–H groups in total. The molecule has 1 saturated heterocycles. The zero-order chi connectivity index (χ0) is 19.7. The summed E-state index contributed by atoms with van der Waals surface area (Å²) in [5.74, 6) is 0.305. The van der Waals surface area contributed by atoms with Gasteiger partial charge < -0.3 is 25.8 Å². The van der Waals surface area contributed by atoms with Crippen molar-refractivity contribution in [3.8, 4) is 0 Å². The Labute approximate surface area is 158 Å². The average Bonchev–Trinajstić information content (AvgIpc) is 3.21. The number of hydrogen-bond donors (Lipinski definition) is 5. The maximum absolute atomic E-state index is 10.4. The maximum atomic E-state index is 10.4. The number of ether oxygens (including phenoxy) is 1. The van der Waals surface area contributed by atoms with Crippen LogP contribution in [0.25, 0.3) is 11.2 Å². The molecule has 146 valence electrons. The van der Waals surface area contributed by atoms with Gasteiger partial charge in [0.2, 0.25) is 5.95 Å². The van der Waals surface area contributed by atoms with Crippen LogP contribution < -0.4 is 11.2 Å². The highest BCUT2D eigenvalue weighted by Gasteiger charge is 2.45. The van der Waals surface area contributed by atoms with E-state index >= 15 is 0 Å². The number of nitrogen functional groups attached to an aromatic ring is 1. The monoisotopic (exact) mass is 386 g/mol. The van der Waals surface area contributed by atoms with Gasteiger partial charge in [0.1, 0.15) is 24.6 Å². The van der Waals surface area contributed by atoms with Gasteiger partial charge in [0.25, 0.3) is 0 Å². The molecule has 1 aliphatic heterocycles. The second kappa shape index (κ2) is 7.44. The number of fused-ring (bicyclic) bond motifs is 1. The van der Waals surface area contributed by atoms with E-state index in [4.69, 9.17) is 10.5 Å².